The highest BCUT2D eigenvalue weighted by Gasteiger charge is 2.38. The van der Waals surface area contributed by atoms with Gasteiger partial charge in [-0.25, -0.2) is 4.98 Å². The highest BCUT2D eigenvalue weighted by molar-refractivity contribution is 6.14. The predicted octanol–water partition coefficient (Wildman–Crippen LogP) is 15.0. The Bertz CT molecular complexity index is 3840. The molecule has 0 amide bonds. The van der Waals surface area contributed by atoms with Crippen LogP contribution < -0.4 is 0 Å². The first-order valence-electron chi connectivity index (χ1n) is 22.3. The SMILES string of the molecule is CC1(C)c2ccccc2-c2ccc3c4ccccc4n(-c4nc(-c5ccc(-c6cccc(-c7ccccc7)c6)cc5)nc(-c5cccc6c7ccccc7n(-c7ccccc7)c56)n4)c3c21. The van der Waals surface area contributed by atoms with Crippen LogP contribution in [0.3, 0.4) is 0 Å². The molecule has 0 N–H and O–H groups in total. The Hall–Kier alpha value is -8.41. The number of nitrogens with zero attached hydrogens (tertiary/aromatic N) is 5. The van der Waals surface area contributed by atoms with E-state index < -0.39 is 0 Å². The molecule has 5 heteroatoms. The Labute approximate surface area is 376 Å². The van der Waals surface area contributed by atoms with Crippen molar-refractivity contribution in [2.75, 3.05) is 0 Å². The highest BCUT2D eigenvalue weighted by atomic mass is 15.2. The van der Waals surface area contributed by atoms with Gasteiger partial charge >= 0.3 is 0 Å². The summed E-state index contributed by atoms with van der Waals surface area (Å²) in [5, 5.41) is 4.65. The maximum atomic E-state index is 5.58. The molecule has 306 valence electrons. The van der Waals surface area contributed by atoms with Gasteiger partial charge in [0.25, 0.3) is 0 Å². The Morgan fingerprint density at radius 3 is 1.65 bits per heavy atom. The van der Waals surface area contributed by atoms with E-state index in [2.05, 4.69) is 235 Å². The molecular weight excluding hydrogens is 791 g/mol. The normalized spacial score (nSPS) is 12.9. The third-order valence-electron chi connectivity index (χ3n) is 13.6. The summed E-state index contributed by atoms with van der Waals surface area (Å²) in [5.74, 6) is 1.79. The first-order valence-corrected chi connectivity index (χ1v) is 22.3. The molecule has 0 bridgehead atoms. The second kappa shape index (κ2) is 14.3. The van der Waals surface area contributed by atoms with E-state index in [1.807, 2.05) is 0 Å². The summed E-state index contributed by atoms with van der Waals surface area (Å²) >= 11 is 0. The van der Waals surface area contributed by atoms with Gasteiger partial charge in [0, 0.05) is 43.8 Å². The zero-order valence-electron chi connectivity index (χ0n) is 35.9. The number of para-hydroxylation sites is 4. The van der Waals surface area contributed by atoms with Crippen LogP contribution in [0.1, 0.15) is 25.0 Å². The van der Waals surface area contributed by atoms with Crippen molar-refractivity contribution >= 4 is 43.6 Å². The van der Waals surface area contributed by atoms with Gasteiger partial charge < -0.3 is 4.57 Å². The maximum Gasteiger partial charge on any atom is 0.238 e. The molecule has 1 aliphatic carbocycles. The van der Waals surface area contributed by atoms with Crippen molar-refractivity contribution in [1.82, 2.24) is 24.1 Å². The van der Waals surface area contributed by atoms with Gasteiger partial charge in [-0.3, -0.25) is 4.57 Å². The molecule has 65 heavy (non-hydrogen) atoms. The largest absolute Gasteiger partial charge is 0.309 e. The molecule has 1 aliphatic rings. The molecule has 0 saturated carbocycles. The molecule has 0 aliphatic heterocycles. The minimum atomic E-state index is -0.272. The Kier molecular flexibility index (Phi) is 8.18. The van der Waals surface area contributed by atoms with Gasteiger partial charge in [0.1, 0.15) is 0 Å². The molecule has 5 nitrogen and oxygen atoms in total. The molecule has 0 spiro atoms. The summed E-state index contributed by atoms with van der Waals surface area (Å²) in [6, 6.07) is 75.8. The van der Waals surface area contributed by atoms with Crippen LogP contribution in [0.25, 0.3) is 111 Å². The van der Waals surface area contributed by atoms with Crippen LogP contribution in [-0.2, 0) is 5.41 Å². The van der Waals surface area contributed by atoms with Crippen LogP contribution in [0.15, 0.2) is 212 Å². The average molecular weight is 832 g/mol. The number of fused-ring (bicyclic) bond motifs is 10. The standard InChI is InChI=1S/C60H41N5/c1-60(2)51-28-12-9-23-44(51)47-35-36-49-46-25-11-14-30-53(46)65(56(49)54(47)60)59-62-57(40-33-31-39(32-34-40)42-20-15-19-41(37-42)38-17-5-3-6-18-38)61-58(63-59)50-27-16-26-48-45-24-10-13-29-52(45)64(55(48)50)43-21-7-4-8-22-43/h3-37H,1-2H3. The molecule has 12 aromatic rings. The highest BCUT2D eigenvalue weighted by Crippen LogP contribution is 2.53. The molecular formula is C60H41N5. The smallest absolute Gasteiger partial charge is 0.238 e. The van der Waals surface area contributed by atoms with Crippen LogP contribution in [-0.4, -0.2) is 24.1 Å². The maximum absolute atomic E-state index is 5.58. The summed E-state index contributed by atoms with van der Waals surface area (Å²) in [5.41, 5.74) is 16.8. The number of rotatable bonds is 6. The summed E-state index contributed by atoms with van der Waals surface area (Å²) in [4.78, 5) is 16.5. The molecule has 13 rings (SSSR count). The fourth-order valence-corrected chi connectivity index (χ4v) is 10.6. The molecule has 3 aromatic heterocycles. The first kappa shape index (κ1) is 37.2. The van der Waals surface area contributed by atoms with E-state index >= 15 is 0 Å². The van der Waals surface area contributed by atoms with E-state index in [1.54, 1.807) is 0 Å². The second-order valence-corrected chi connectivity index (χ2v) is 17.6. The second-order valence-electron chi connectivity index (χ2n) is 17.6. The lowest BCUT2D eigenvalue weighted by molar-refractivity contribution is 0.663. The van der Waals surface area contributed by atoms with E-state index in [0.29, 0.717) is 17.6 Å². The Morgan fingerprint density at radius 2 is 0.892 bits per heavy atom. The number of hydrogen-bond acceptors (Lipinski definition) is 3. The van der Waals surface area contributed by atoms with Crippen LogP contribution in [0.2, 0.25) is 0 Å². The zero-order chi connectivity index (χ0) is 43.2. The molecule has 0 radical (unpaired) electrons. The van der Waals surface area contributed by atoms with Gasteiger partial charge in [-0.1, -0.05) is 190 Å². The van der Waals surface area contributed by atoms with Crippen molar-refractivity contribution in [1.29, 1.82) is 0 Å². The average Bonchev–Trinajstić information content (AvgIpc) is 3.97. The van der Waals surface area contributed by atoms with Crippen molar-refractivity contribution in [2.45, 2.75) is 19.3 Å². The minimum absolute atomic E-state index is 0.272. The molecule has 0 fully saturated rings. The van der Waals surface area contributed by atoms with Crippen LogP contribution in [0.5, 0.6) is 0 Å². The molecule has 0 saturated heterocycles. The number of hydrogen-bond donors (Lipinski definition) is 0. The van der Waals surface area contributed by atoms with E-state index in [1.165, 1.54) is 44.2 Å². The van der Waals surface area contributed by atoms with Gasteiger partial charge in [-0.05, 0) is 80.9 Å². The summed E-state index contributed by atoms with van der Waals surface area (Å²) in [6.45, 7) is 4.70. The fourth-order valence-electron chi connectivity index (χ4n) is 10.6. The van der Waals surface area contributed by atoms with E-state index in [9.17, 15) is 0 Å². The number of benzene rings is 9. The first-order chi connectivity index (χ1) is 32.0. The topological polar surface area (TPSA) is 48.5 Å². The van der Waals surface area contributed by atoms with Crippen molar-refractivity contribution in [3.05, 3.63) is 223 Å². The molecule has 0 atom stereocenters. The van der Waals surface area contributed by atoms with Gasteiger partial charge in [0.05, 0.1) is 22.1 Å². The van der Waals surface area contributed by atoms with Crippen molar-refractivity contribution in [3.63, 3.8) is 0 Å². The van der Waals surface area contributed by atoms with Crippen molar-refractivity contribution in [3.8, 4) is 67.8 Å². The van der Waals surface area contributed by atoms with Gasteiger partial charge in [-0.2, -0.15) is 9.97 Å². The van der Waals surface area contributed by atoms with Crippen LogP contribution in [0.4, 0.5) is 0 Å². The van der Waals surface area contributed by atoms with E-state index in [4.69, 9.17) is 15.0 Å². The summed E-state index contributed by atoms with van der Waals surface area (Å²) in [7, 11) is 0. The quantitative estimate of drug-likeness (QED) is 0.168. The minimum Gasteiger partial charge on any atom is -0.309 e. The van der Waals surface area contributed by atoms with E-state index in [0.717, 1.165) is 60.8 Å². The monoisotopic (exact) mass is 831 g/mol. The van der Waals surface area contributed by atoms with Crippen LogP contribution in [0, 0.1) is 0 Å². The van der Waals surface area contributed by atoms with Crippen molar-refractivity contribution < 1.29 is 0 Å². The van der Waals surface area contributed by atoms with Gasteiger partial charge in [0.15, 0.2) is 11.6 Å². The zero-order valence-corrected chi connectivity index (χ0v) is 35.9. The lowest BCUT2D eigenvalue weighted by Crippen LogP contribution is -2.17. The molecule has 3 heterocycles. The van der Waals surface area contributed by atoms with E-state index in [-0.39, 0.29) is 5.41 Å². The van der Waals surface area contributed by atoms with Crippen LogP contribution >= 0.6 is 0 Å². The molecule has 9 aromatic carbocycles. The Balaban J connectivity index is 1.08. The third kappa shape index (κ3) is 5.68. The number of aromatic nitrogens is 5. The summed E-state index contributed by atoms with van der Waals surface area (Å²) in [6.07, 6.45) is 0. The summed E-state index contributed by atoms with van der Waals surface area (Å²) < 4.78 is 4.66. The Morgan fingerprint density at radius 1 is 0.354 bits per heavy atom. The fraction of sp³-hybridized carbons (Fsp3) is 0.0500. The van der Waals surface area contributed by atoms with Gasteiger partial charge in [0.2, 0.25) is 5.95 Å². The lowest BCUT2D eigenvalue weighted by Gasteiger charge is -2.23. The third-order valence-corrected chi connectivity index (χ3v) is 13.6. The lowest BCUT2D eigenvalue weighted by atomic mass is 9.81. The van der Waals surface area contributed by atoms with Gasteiger partial charge in [-0.15, -0.1) is 0 Å². The predicted molar refractivity (Wildman–Crippen MR) is 268 cm³/mol. The van der Waals surface area contributed by atoms with Crippen molar-refractivity contribution in [2.24, 2.45) is 0 Å². The molecule has 0 unspecified atom stereocenters.